The van der Waals surface area contributed by atoms with Crippen molar-refractivity contribution in [1.29, 1.82) is 0 Å². The lowest BCUT2D eigenvalue weighted by Crippen LogP contribution is -2.53. The Morgan fingerprint density at radius 2 is 1.88 bits per heavy atom. The lowest BCUT2D eigenvalue weighted by Gasteiger charge is -2.55. The van der Waals surface area contributed by atoms with Crippen molar-refractivity contribution in [2.45, 2.75) is 45.1 Å². The molecule has 1 amide bonds. The predicted octanol–water partition coefficient (Wildman–Crippen LogP) is 3.82. The third-order valence-corrected chi connectivity index (χ3v) is 6.75. The molecule has 2 aromatic heterocycles. The van der Waals surface area contributed by atoms with Gasteiger partial charge in [0, 0.05) is 11.6 Å². The molecular formula is C19H22ClN3O. The van der Waals surface area contributed by atoms with Gasteiger partial charge in [0.25, 0.3) is 0 Å². The van der Waals surface area contributed by atoms with Crippen LogP contribution < -0.4 is 5.32 Å². The molecule has 0 radical (unpaired) electrons. The minimum absolute atomic E-state index is 0.0917. The summed E-state index contributed by atoms with van der Waals surface area (Å²) < 4.78 is 1.85. The van der Waals surface area contributed by atoms with Gasteiger partial charge in [0.1, 0.15) is 10.8 Å². The van der Waals surface area contributed by atoms with Crippen molar-refractivity contribution >= 4 is 23.2 Å². The molecule has 24 heavy (non-hydrogen) atoms. The smallest absolute Gasteiger partial charge is 0.226 e. The van der Waals surface area contributed by atoms with Crippen LogP contribution in [0.3, 0.4) is 0 Å². The van der Waals surface area contributed by atoms with Crippen LogP contribution in [-0.2, 0) is 11.3 Å². The van der Waals surface area contributed by atoms with Gasteiger partial charge in [0.15, 0.2) is 0 Å². The highest BCUT2D eigenvalue weighted by Gasteiger charge is 2.54. The quantitative estimate of drug-likeness (QED) is 0.861. The number of pyridine rings is 1. The van der Waals surface area contributed by atoms with E-state index >= 15 is 0 Å². The molecule has 0 atom stereocenters. The first-order valence-corrected chi connectivity index (χ1v) is 9.40. The molecule has 5 heteroatoms. The molecule has 4 bridgehead atoms. The van der Waals surface area contributed by atoms with Gasteiger partial charge in [-0.1, -0.05) is 17.7 Å². The number of halogens is 1. The average molecular weight is 344 g/mol. The fraction of sp³-hybridized carbons (Fsp3) is 0.579. The maximum atomic E-state index is 13.0. The summed E-state index contributed by atoms with van der Waals surface area (Å²) in [7, 11) is 0. The number of carbonyl (C=O) groups excluding carboxylic acids is 1. The van der Waals surface area contributed by atoms with E-state index in [1.54, 1.807) is 0 Å². The van der Waals surface area contributed by atoms with Crippen LogP contribution in [0.2, 0.25) is 5.15 Å². The number of hydrogen-bond acceptors (Lipinski definition) is 2. The molecule has 0 aliphatic heterocycles. The standard InChI is InChI=1S/C19H22ClN3O/c20-16-2-1-3-17-22-15(11-23(16)17)10-21-18(24)19-7-12-4-13(8-19)6-14(5-12)9-19/h1-3,11-14H,4-10H2,(H,21,24). The molecule has 1 N–H and O–H groups in total. The highest BCUT2D eigenvalue weighted by molar-refractivity contribution is 6.29. The normalized spacial score (nSPS) is 34.0. The minimum atomic E-state index is -0.0917. The Bertz CT molecular complexity index is 777. The highest BCUT2D eigenvalue weighted by atomic mass is 35.5. The zero-order chi connectivity index (χ0) is 16.3. The molecule has 126 valence electrons. The van der Waals surface area contributed by atoms with E-state index < -0.39 is 0 Å². The van der Waals surface area contributed by atoms with Crippen LogP contribution in [0.1, 0.15) is 44.2 Å². The fourth-order valence-corrected chi connectivity index (χ4v) is 6.07. The second-order valence-electron chi connectivity index (χ2n) is 8.19. The Kier molecular flexibility index (Phi) is 3.21. The van der Waals surface area contributed by atoms with Gasteiger partial charge >= 0.3 is 0 Å². The van der Waals surface area contributed by atoms with Crippen LogP contribution in [0.15, 0.2) is 24.4 Å². The molecule has 0 unspecified atom stereocenters. The van der Waals surface area contributed by atoms with Gasteiger partial charge in [0.05, 0.1) is 12.2 Å². The summed E-state index contributed by atoms with van der Waals surface area (Å²) in [6.45, 7) is 0.485. The van der Waals surface area contributed by atoms with Crippen molar-refractivity contribution in [3.05, 3.63) is 35.2 Å². The monoisotopic (exact) mass is 343 g/mol. The van der Waals surface area contributed by atoms with Gasteiger partial charge < -0.3 is 5.32 Å². The van der Waals surface area contributed by atoms with Gasteiger partial charge in [0.2, 0.25) is 5.91 Å². The predicted molar refractivity (Wildman–Crippen MR) is 92.7 cm³/mol. The second-order valence-corrected chi connectivity index (χ2v) is 8.58. The van der Waals surface area contributed by atoms with Gasteiger partial charge in [-0.05, 0) is 68.4 Å². The largest absolute Gasteiger partial charge is 0.350 e. The van der Waals surface area contributed by atoms with Gasteiger partial charge in [-0.2, -0.15) is 0 Å². The number of rotatable bonds is 3. The number of aromatic nitrogens is 2. The first-order valence-electron chi connectivity index (χ1n) is 9.02. The first kappa shape index (κ1) is 14.8. The molecule has 4 nitrogen and oxygen atoms in total. The summed E-state index contributed by atoms with van der Waals surface area (Å²) >= 11 is 6.18. The number of amides is 1. The zero-order valence-electron chi connectivity index (χ0n) is 13.7. The SMILES string of the molecule is O=C(NCc1cn2c(Cl)cccc2n1)C12CC3CC(CC(C3)C1)C2. The zero-order valence-corrected chi connectivity index (χ0v) is 14.4. The van der Waals surface area contributed by atoms with Crippen molar-refractivity contribution in [3.8, 4) is 0 Å². The Hall–Kier alpha value is -1.55. The molecule has 4 aliphatic rings. The number of hydrogen-bond donors (Lipinski definition) is 1. The average Bonchev–Trinajstić information content (AvgIpc) is 2.96. The van der Waals surface area contributed by atoms with Crippen LogP contribution >= 0.6 is 11.6 Å². The highest BCUT2D eigenvalue weighted by Crippen LogP contribution is 2.60. The van der Waals surface area contributed by atoms with Crippen LogP contribution in [0.25, 0.3) is 5.65 Å². The molecule has 0 aromatic carbocycles. The molecule has 0 saturated heterocycles. The summed E-state index contributed by atoms with van der Waals surface area (Å²) in [5.41, 5.74) is 1.59. The number of carbonyl (C=O) groups is 1. The number of fused-ring (bicyclic) bond motifs is 1. The Morgan fingerprint density at radius 3 is 2.50 bits per heavy atom. The van der Waals surface area contributed by atoms with Gasteiger partial charge in [-0.3, -0.25) is 9.20 Å². The molecule has 4 fully saturated rings. The van der Waals surface area contributed by atoms with Crippen LogP contribution in [0.4, 0.5) is 0 Å². The number of nitrogens with one attached hydrogen (secondary N) is 1. The van der Waals surface area contributed by atoms with E-state index in [1.165, 1.54) is 19.3 Å². The number of imidazole rings is 1. The van der Waals surface area contributed by atoms with E-state index in [9.17, 15) is 4.79 Å². The van der Waals surface area contributed by atoms with Crippen LogP contribution in [0.5, 0.6) is 0 Å². The summed E-state index contributed by atoms with van der Waals surface area (Å²) in [6.07, 6.45) is 9.29. The van der Waals surface area contributed by atoms with E-state index in [-0.39, 0.29) is 11.3 Å². The van der Waals surface area contributed by atoms with Gasteiger partial charge in [-0.15, -0.1) is 0 Å². The second kappa shape index (κ2) is 5.22. The van der Waals surface area contributed by atoms with Crippen molar-refractivity contribution in [2.75, 3.05) is 0 Å². The van der Waals surface area contributed by atoms with E-state index in [0.717, 1.165) is 48.4 Å². The van der Waals surface area contributed by atoms with Crippen molar-refractivity contribution < 1.29 is 4.79 Å². The number of nitrogens with zero attached hydrogens (tertiary/aromatic N) is 2. The molecule has 0 spiro atoms. The van der Waals surface area contributed by atoms with Crippen molar-refractivity contribution in [3.63, 3.8) is 0 Å². The third-order valence-electron chi connectivity index (χ3n) is 6.44. The van der Waals surface area contributed by atoms with Crippen LogP contribution in [-0.4, -0.2) is 15.3 Å². The van der Waals surface area contributed by atoms with Gasteiger partial charge in [-0.25, -0.2) is 4.98 Å². The maximum absolute atomic E-state index is 13.0. The Balaban J connectivity index is 1.32. The molecule has 2 heterocycles. The summed E-state index contributed by atoms with van der Waals surface area (Å²) in [6, 6.07) is 5.66. The third kappa shape index (κ3) is 2.26. The lowest BCUT2D eigenvalue weighted by atomic mass is 9.49. The summed E-state index contributed by atoms with van der Waals surface area (Å²) in [5, 5.41) is 3.82. The molecule has 4 aliphatic carbocycles. The molecule has 2 aromatic rings. The lowest BCUT2D eigenvalue weighted by molar-refractivity contribution is -0.146. The molecular weight excluding hydrogens is 322 g/mol. The molecule has 4 saturated carbocycles. The Morgan fingerprint density at radius 1 is 1.21 bits per heavy atom. The summed E-state index contributed by atoms with van der Waals surface area (Å²) in [5.74, 6) is 2.62. The maximum Gasteiger partial charge on any atom is 0.226 e. The van der Waals surface area contributed by atoms with E-state index in [2.05, 4.69) is 10.3 Å². The van der Waals surface area contributed by atoms with E-state index in [1.807, 2.05) is 28.8 Å². The topological polar surface area (TPSA) is 46.4 Å². The fourth-order valence-electron chi connectivity index (χ4n) is 5.86. The summed E-state index contributed by atoms with van der Waals surface area (Å²) in [4.78, 5) is 17.5. The van der Waals surface area contributed by atoms with Crippen molar-refractivity contribution in [1.82, 2.24) is 14.7 Å². The minimum Gasteiger partial charge on any atom is -0.350 e. The first-order chi connectivity index (χ1) is 11.6. The Labute approximate surface area is 146 Å². The van der Waals surface area contributed by atoms with Crippen LogP contribution in [0, 0.1) is 23.2 Å². The van der Waals surface area contributed by atoms with Crippen molar-refractivity contribution in [2.24, 2.45) is 23.2 Å². The van der Waals surface area contributed by atoms with E-state index in [4.69, 9.17) is 11.6 Å². The molecule has 6 rings (SSSR count). The van der Waals surface area contributed by atoms with E-state index in [0.29, 0.717) is 11.7 Å².